The smallest absolute Gasteiger partial charge is 0.334 e. The van der Waals surface area contributed by atoms with Gasteiger partial charge in [-0.25, -0.2) is 4.39 Å². The maximum absolute atomic E-state index is 12.8. The Morgan fingerprint density at radius 3 is 2.62 bits per heavy atom. The Balaban J connectivity index is 0.000000206. The van der Waals surface area contributed by atoms with E-state index in [1.165, 1.54) is 23.1 Å². The minimum atomic E-state index is -4.55. The van der Waals surface area contributed by atoms with Crippen LogP contribution >= 0.6 is 11.3 Å². The molecule has 196 valence electrons. The molecule has 11 heteroatoms. The van der Waals surface area contributed by atoms with E-state index in [1.807, 2.05) is 36.0 Å². The molecular formula is C26H27F4N5OS. The molecule has 3 heterocycles. The zero-order valence-corrected chi connectivity index (χ0v) is 21.3. The molecule has 6 nitrogen and oxygen atoms in total. The van der Waals surface area contributed by atoms with Gasteiger partial charge >= 0.3 is 6.18 Å². The number of hydrogen-bond acceptors (Lipinski definition) is 5. The number of fused-ring (bicyclic) bond motifs is 1. The molecule has 1 aliphatic rings. The van der Waals surface area contributed by atoms with Gasteiger partial charge in [0.1, 0.15) is 17.6 Å². The lowest BCUT2D eigenvalue weighted by Gasteiger charge is -2.25. The average Bonchev–Trinajstić information content (AvgIpc) is 3.48. The molecular weight excluding hydrogens is 506 g/mol. The number of aryl methyl sites for hydroxylation is 1. The van der Waals surface area contributed by atoms with Crippen LogP contribution in [0, 0.1) is 11.3 Å². The van der Waals surface area contributed by atoms with Crippen LogP contribution in [0.4, 0.5) is 17.6 Å². The number of likely N-dealkylation sites (N-methyl/N-ethyl adjacent to an activating group) is 1. The second kappa shape index (κ2) is 12.7. The number of thiophene rings is 1. The summed E-state index contributed by atoms with van der Waals surface area (Å²) >= 11 is 1.50. The van der Waals surface area contributed by atoms with Gasteiger partial charge in [0.15, 0.2) is 5.69 Å². The van der Waals surface area contributed by atoms with Crippen molar-refractivity contribution in [1.82, 2.24) is 19.6 Å². The first-order valence-electron chi connectivity index (χ1n) is 11.5. The lowest BCUT2D eigenvalue weighted by molar-refractivity contribution is -0.141. The van der Waals surface area contributed by atoms with Crippen molar-refractivity contribution in [3.63, 3.8) is 0 Å². The topological polar surface area (TPSA) is 65.2 Å². The average molecular weight is 534 g/mol. The summed E-state index contributed by atoms with van der Waals surface area (Å²) in [5.41, 5.74) is 0.622. The Morgan fingerprint density at radius 1 is 1.27 bits per heavy atom. The highest BCUT2D eigenvalue weighted by Gasteiger charge is 2.37. The number of hydrogen-bond donors (Lipinski definition) is 0. The van der Waals surface area contributed by atoms with Crippen LogP contribution in [0.3, 0.4) is 0 Å². The molecule has 0 unspecified atom stereocenters. The largest absolute Gasteiger partial charge is 0.435 e. The van der Waals surface area contributed by atoms with Gasteiger partial charge in [0.05, 0.1) is 13.1 Å². The fourth-order valence-corrected chi connectivity index (χ4v) is 4.72. The standard InChI is InChI=1S/C14H17N3OS.C12H10F4N2/c1-16(2)6-3-4-14(18)17-7-5-11-8-12(9-15)19-13(11)10-17;13-6-7-18-8-10(9-4-2-1-3-5-9)11(17-18)12(14,15)16/h3-4,8H,5-7,10H2,1-2H3;1-5,8H,6-7H2/b4-3+;. The SMILES string of the molecule is CN(C)C/C=C/C(=O)N1CCc2cc(C#N)sc2C1.FCCn1cc(-c2ccccc2)c(C(F)(F)F)n1. The Bertz CT molecular complexity index is 1260. The Labute approximate surface area is 217 Å². The fourth-order valence-electron chi connectivity index (χ4n) is 3.69. The summed E-state index contributed by atoms with van der Waals surface area (Å²) in [6.45, 7) is 1.19. The van der Waals surface area contributed by atoms with Crippen LogP contribution in [0.5, 0.6) is 0 Å². The van der Waals surface area contributed by atoms with Gasteiger partial charge in [-0.2, -0.15) is 23.5 Å². The summed E-state index contributed by atoms with van der Waals surface area (Å²) in [6.07, 6.45) is 1.04. The second-order valence-corrected chi connectivity index (χ2v) is 9.69. The molecule has 0 N–H and O–H groups in total. The molecule has 4 rings (SSSR count). The van der Waals surface area contributed by atoms with Gasteiger partial charge in [-0.1, -0.05) is 36.4 Å². The highest BCUT2D eigenvalue weighted by atomic mass is 32.1. The summed E-state index contributed by atoms with van der Waals surface area (Å²) in [6, 6.07) is 12.2. The van der Waals surface area contributed by atoms with Crippen LogP contribution in [0.1, 0.15) is 21.0 Å². The quantitative estimate of drug-likeness (QED) is 0.324. The van der Waals surface area contributed by atoms with Crippen LogP contribution in [-0.2, 0) is 30.5 Å². The Hall–Kier alpha value is -3.49. The van der Waals surface area contributed by atoms with Crippen molar-refractivity contribution in [2.45, 2.75) is 25.7 Å². The summed E-state index contributed by atoms with van der Waals surface area (Å²) in [5, 5.41) is 12.3. The van der Waals surface area contributed by atoms with E-state index in [-0.39, 0.29) is 18.0 Å². The molecule has 37 heavy (non-hydrogen) atoms. The fraction of sp³-hybridized carbons (Fsp3) is 0.346. The number of rotatable bonds is 6. The number of nitriles is 1. The molecule has 1 aromatic carbocycles. The van der Waals surface area contributed by atoms with Gasteiger partial charge in [-0.3, -0.25) is 9.48 Å². The van der Waals surface area contributed by atoms with Gasteiger partial charge in [-0.15, -0.1) is 11.3 Å². The zero-order valence-electron chi connectivity index (χ0n) is 20.5. The third kappa shape index (κ3) is 7.74. The number of benzene rings is 1. The molecule has 0 spiro atoms. The third-order valence-corrected chi connectivity index (χ3v) is 6.53. The molecule has 1 amide bonds. The summed E-state index contributed by atoms with van der Waals surface area (Å²) in [4.78, 5) is 17.8. The summed E-state index contributed by atoms with van der Waals surface area (Å²) < 4.78 is 51.6. The first kappa shape index (κ1) is 28.1. The first-order chi connectivity index (χ1) is 17.6. The third-order valence-electron chi connectivity index (χ3n) is 5.46. The Morgan fingerprint density at radius 2 is 2.00 bits per heavy atom. The van der Waals surface area contributed by atoms with Gasteiger partial charge in [-0.05, 0) is 37.7 Å². The van der Waals surface area contributed by atoms with Crippen molar-refractivity contribution in [3.8, 4) is 17.2 Å². The molecule has 0 saturated carbocycles. The molecule has 0 fully saturated rings. The molecule has 2 aromatic heterocycles. The molecule has 0 bridgehead atoms. The highest BCUT2D eigenvalue weighted by Crippen LogP contribution is 2.36. The summed E-state index contributed by atoms with van der Waals surface area (Å²) in [7, 11) is 3.94. The number of carbonyl (C=O) groups is 1. The molecule has 0 aliphatic carbocycles. The van der Waals surface area contributed by atoms with E-state index in [2.05, 4.69) is 11.2 Å². The lowest BCUT2D eigenvalue weighted by Crippen LogP contribution is -2.34. The lowest BCUT2D eigenvalue weighted by atomic mass is 10.1. The maximum Gasteiger partial charge on any atom is 0.435 e. The number of alkyl halides is 4. The highest BCUT2D eigenvalue weighted by molar-refractivity contribution is 7.12. The molecule has 0 radical (unpaired) electrons. The molecule has 3 aromatic rings. The van der Waals surface area contributed by atoms with Crippen molar-refractivity contribution in [3.05, 3.63) is 75.8 Å². The maximum atomic E-state index is 12.8. The summed E-state index contributed by atoms with van der Waals surface area (Å²) in [5.74, 6) is 0.0550. The second-order valence-electron chi connectivity index (χ2n) is 8.55. The van der Waals surface area contributed by atoms with Crippen molar-refractivity contribution in [1.29, 1.82) is 5.26 Å². The Kier molecular flexibility index (Phi) is 9.60. The van der Waals surface area contributed by atoms with E-state index in [4.69, 9.17) is 5.26 Å². The van der Waals surface area contributed by atoms with Gasteiger partial charge in [0.2, 0.25) is 5.91 Å². The molecule has 1 aliphatic heterocycles. The van der Waals surface area contributed by atoms with E-state index < -0.39 is 18.5 Å². The van der Waals surface area contributed by atoms with Crippen LogP contribution in [0.15, 0.2) is 54.7 Å². The van der Waals surface area contributed by atoms with Crippen LogP contribution in [-0.4, -0.2) is 59.3 Å². The van der Waals surface area contributed by atoms with Crippen LogP contribution in [0.25, 0.3) is 11.1 Å². The van der Waals surface area contributed by atoms with E-state index in [9.17, 15) is 22.4 Å². The first-order valence-corrected chi connectivity index (χ1v) is 12.3. The van der Waals surface area contributed by atoms with Gasteiger partial charge in [0, 0.05) is 35.8 Å². The molecule has 0 atom stereocenters. The number of amides is 1. The molecule has 0 saturated heterocycles. The number of aromatic nitrogens is 2. The van der Waals surface area contributed by atoms with Crippen LogP contribution < -0.4 is 0 Å². The minimum absolute atomic E-state index is 0.0310. The van der Waals surface area contributed by atoms with E-state index in [1.54, 1.807) is 36.4 Å². The predicted octanol–water partition coefficient (Wildman–Crippen LogP) is 5.16. The van der Waals surface area contributed by atoms with Gasteiger partial charge < -0.3 is 9.80 Å². The van der Waals surface area contributed by atoms with Crippen molar-refractivity contribution >= 4 is 17.2 Å². The number of halogens is 4. The minimum Gasteiger partial charge on any atom is -0.334 e. The number of carbonyl (C=O) groups excluding carboxylic acids is 1. The van der Waals surface area contributed by atoms with E-state index in [0.29, 0.717) is 12.1 Å². The van der Waals surface area contributed by atoms with Crippen molar-refractivity contribution in [2.24, 2.45) is 0 Å². The number of nitrogens with zero attached hydrogens (tertiary/aromatic N) is 5. The predicted molar refractivity (Wildman–Crippen MR) is 134 cm³/mol. The van der Waals surface area contributed by atoms with Crippen molar-refractivity contribution in [2.75, 3.05) is 33.9 Å². The monoisotopic (exact) mass is 533 g/mol. The zero-order chi connectivity index (χ0) is 27.0. The van der Waals surface area contributed by atoms with Crippen molar-refractivity contribution < 1.29 is 22.4 Å². The van der Waals surface area contributed by atoms with Gasteiger partial charge in [0.25, 0.3) is 0 Å². The van der Waals surface area contributed by atoms with E-state index in [0.717, 1.165) is 33.9 Å². The van der Waals surface area contributed by atoms with E-state index >= 15 is 0 Å². The normalized spacial score (nSPS) is 13.3. The van der Waals surface area contributed by atoms with Crippen LogP contribution in [0.2, 0.25) is 0 Å².